The monoisotopic (exact) mass is 306 g/mol. The molecule has 0 radical (unpaired) electrons. The van der Waals surface area contributed by atoms with Crippen molar-refractivity contribution < 1.29 is 9.84 Å². The topological polar surface area (TPSA) is 29.5 Å². The van der Waals surface area contributed by atoms with E-state index < -0.39 is 0 Å². The average molecular weight is 306 g/mol. The van der Waals surface area contributed by atoms with Crippen LogP contribution in [-0.4, -0.2) is 22.4 Å². The Morgan fingerprint density at radius 2 is 1.59 bits per heavy atom. The van der Waals surface area contributed by atoms with Crippen LogP contribution in [-0.2, 0) is 4.74 Å². The van der Waals surface area contributed by atoms with Crippen LogP contribution in [0.5, 0.6) is 0 Å². The molecule has 1 saturated heterocycles. The summed E-state index contributed by atoms with van der Waals surface area (Å²) in [5.41, 5.74) is 0.106. The first-order valence-electron chi connectivity index (χ1n) is 9.09. The minimum atomic E-state index is -0.169. The van der Waals surface area contributed by atoms with Gasteiger partial charge in [0.15, 0.2) is 0 Å². The highest BCUT2D eigenvalue weighted by Gasteiger charge is 2.62. The van der Waals surface area contributed by atoms with Crippen LogP contribution in [0.4, 0.5) is 0 Å². The van der Waals surface area contributed by atoms with Crippen LogP contribution in [0.15, 0.2) is 12.7 Å². The summed E-state index contributed by atoms with van der Waals surface area (Å²) >= 11 is 0. The molecule has 0 amide bonds. The standard InChI is InChI=1S/C20H34O2/c1-7-18(4)11-8-15-19(5)12-10-16(21)17(2,3)14(19)9-13-20(15,6)22-18/h7,14-16,21H,1,8-13H2,2-6H3/t14-,15+,16+,18-,19+,20-/m0/s1. The summed E-state index contributed by atoms with van der Waals surface area (Å²) in [5.74, 6) is 1.19. The van der Waals surface area contributed by atoms with Crippen molar-refractivity contribution in [2.45, 2.75) is 90.4 Å². The lowest BCUT2D eigenvalue weighted by molar-refractivity contribution is -0.262. The third-order valence-electron chi connectivity index (χ3n) is 7.80. The van der Waals surface area contributed by atoms with Crippen molar-refractivity contribution in [1.82, 2.24) is 0 Å². The van der Waals surface area contributed by atoms with E-state index in [0.717, 1.165) is 25.7 Å². The van der Waals surface area contributed by atoms with E-state index in [1.807, 2.05) is 6.08 Å². The molecule has 0 aromatic rings. The molecule has 2 aliphatic carbocycles. The van der Waals surface area contributed by atoms with Crippen LogP contribution in [0.2, 0.25) is 0 Å². The minimum absolute atomic E-state index is 0.0213. The van der Waals surface area contributed by atoms with Gasteiger partial charge in [-0.25, -0.2) is 0 Å². The molecule has 0 bridgehead atoms. The predicted octanol–water partition coefficient (Wildman–Crippen LogP) is 4.71. The lowest BCUT2D eigenvalue weighted by atomic mass is 9.44. The Kier molecular flexibility index (Phi) is 3.63. The van der Waals surface area contributed by atoms with E-state index in [1.165, 1.54) is 12.8 Å². The summed E-state index contributed by atoms with van der Waals surface area (Å²) in [6.45, 7) is 15.5. The Morgan fingerprint density at radius 1 is 0.955 bits per heavy atom. The van der Waals surface area contributed by atoms with E-state index in [0.29, 0.717) is 11.8 Å². The van der Waals surface area contributed by atoms with Gasteiger partial charge in [0.05, 0.1) is 17.3 Å². The number of ether oxygens (including phenoxy) is 1. The van der Waals surface area contributed by atoms with Gasteiger partial charge in [-0.1, -0.05) is 26.8 Å². The normalized spacial score (nSPS) is 54.2. The molecule has 0 unspecified atom stereocenters. The lowest BCUT2D eigenvalue weighted by Gasteiger charge is -2.65. The third-order valence-corrected chi connectivity index (χ3v) is 7.80. The molecule has 1 N–H and O–H groups in total. The van der Waals surface area contributed by atoms with E-state index in [1.54, 1.807) is 0 Å². The van der Waals surface area contributed by atoms with Gasteiger partial charge in [0, 0.05) is 0 Å². The van der Waals surface area contributed by atoms with Crippen LogP contribution in [0.25, 0.3) is 0 Å². The highest BCUT2D eigenvalue weighted by atomic mass is 16.5. The molecule has 0 aromatic heterocycles. The second kappa shape index (κ2) is 4.83. The quantitative estimate of drug-likeness (QED) is 0.711. The fourth-order valence-corrected chi connectivity index (χ4v) is 6.41. The maximum Gasteiger partial charge on any atom is 0.0839 e. The molecular weight excluding hydrogens is 272 g/mol. The molecule has 3 fully saturated rings. The molecule has 2 nitrogen and oxygen atoms in total. The first-order chi connectivity index (χ1) is 10.1. The Hall–Kier alpha value is -0.340. The Morgan fingerprint density at radius 3 is 2.23 bits per heavy atom. The smallest absolute Gasteiger partial charge is 0.0839 e. The number of aliphatic hydroxyl groups is 1. The maximum atomic E-state index is 10.5. The number of hydrogen-bond acceptors (Lipinski definition) is 2. The van der Waals surface area contributed by atoms with Crippen molar-refractivity contribution in [3.05, 3.63) is 12.7 Å². The van der Waals surface area contributed by atoms with E-state index in [-0.39, 0.29) is 28.1 Å². The summed E-state index contributed by atoms with van der Waals surface area (Å²) in [7, 11) is 0. The zero-order valence-corrected chi connectivity index (χ0v) is 15.1. The van der Waals surface area contributed by atoms with Crippen LogP contribution in [0.3, 0.4) is 0 Å². The Bertz CT molecular complexity index is 470. The summed E-state index contributed by atoms with van der Waals surface area (Å²) < 4.78 is 6.64. The number of hydrogen-bond donors (Lipinski definition) is 1. The van der Waals surface area contributed by atoms with Crippen molar-refractivity contribution >= 4 is 0 Å². The zero-order chi connectivity index (χ0) is 16.4. The van der Waals surface area contributed by atoms with Gasteiger partial charge in [0.1, 0.15) is 0 Å². The van der Waals surface area contributed by atoms with Crippen LogP contribution >= 0.6 is 0 Å². The zero-order valence-electron chi connectivity index (χ0n) is 15.1. The Balaban J connectivity index is 1.95. The van der Waals surface area contributed by atoms with Crippen LogP contribution in [0.1, 0.15) is 73.1 Å². The van der Waals surface area contributed by atoms with Gasteiger partial charge >= 0.3 is 0 Å². The van der Waals surface area contributed by atoms with Gasteiger partial charge in [0.2, 0.25) is 0 Å². The van der Waals surface area contributed by atoms with Crippen molar-refractivity contribution in [2.24, 2.45) is 22.7 Å². The molecule has 2 heteroatoms. The molecule has 3 rings (SSSR count). The summed E-state index contributed by atoms with van der Waals surface area (Å²) in [4.78, 5) is 0. The highest BCUT2D eigenvalue weighted by Crippen LogP contribution is 2.65. The number of fused-ring (bicyclic) bond motifs is 3. The molecule has 1 heterocycles. The average Bonchev–Trinajstić information content (AvgIpc) is 2.42. The highest BCUT2D eigenvalue weighted by molar-refractivity contribution is 5.13. The van der Waals surface area contributed by atoms with Crippen molar-refractivity contribution in [2.75, 3.05) is 0 Å². The van der Waals surface area contributed by atoms with E-state index in [4.69, 9.17) is 4.74 Å². The fourth-order valence-electron chi connectivity index (χ4n) is 6.41. The molecule has 6 atom stereocenters. The fraction of sp³-hybridized carbons (Fsp3) is 0.900. The van der Waals surface area contributed by atoms with Gasteiger partial charge in [-0.2, -0.15) is 0 Å². The first-order valence-corrected chi connectivity index (χ1v) is 9.09. The molecule has 3 aliphatic rings. The predicted molar refractivity (Wildman–Crippen MR) is 90.7 cm³/mol. The second-order valence-electron chi connectivity index (χ2n) is 9.50. The van der Waals surface area contributed by atoms with Crippen molar-refractivity contribution in [3.8, 4) is 0 Å². The number of rotatable bonds is 1. The van der Waals surface area contributed by atoms with Gasteiger partial charge in [-0.3, -0.25) is 0 Å². The van der Waals surface area contributed by atoms with E-state index in [9.17, 15) is 5.11 Å². The van der Waals surface area contributed by atoms with Crippen molar-refractivity contribution in [1.29, 1.82) is 0 Å². The first kappa shape index (κ1) is 16.5. The molecule has 0 aromatic carbocycles. The van der Waals surface area contributed by atoms with Gasteiger partial charge in [-0.15, -0.1) is 6.58 Å². The molecule has 0 spiro atoms. The van der Waals surface area contributed by atoms with Gasteiger partial charge in [-0.05, 0) is 75.0 Å². The van der Waals surface area contributed by atoms with Crippen LogP contribution in [0, 0.1) is 22.7 Å². The van der Waals surface area contributed by atoms with E-state index >= 15 is 0 Å². The molecule has 22 heavy (non-hydrogen) atoms. The molecule has 1 aliphatic heterocycles. The summed E-state index contributed by atoms with van der Waals surface area (Å²) in [6, 6.07) is 0. The summed E-state index contributed by atoms with van der Waals surface area (Å²) in [6.07, 6.45) is 8.48. The third kappa shape index (κ3) is 2.13. The molecular formula is C20H34O2. The number of aliphatic hydroxyl groups excluding tert-OH is 1. The van der Waals surface area contributed by atoms with E-state index in [2.05, 4.69) is 41.2 Å². The lowest BCUT2D eigenvalue weighted by Crippen LogP contribution is -2.64. The Labute approximate surface area is 136 Å². The van der Waals surface area contributed by atoms with Gasteiger partial charge in [0.25, 0.3) is 0 Å². The van der Waals surface area contributed by atoms with Crippen LogP contribution < -0.4 is 0 Å². The maximum absolute atomic E-state index is 10.5. The van der Waals surface area contributed by atoms with Crippen molar-refractivity contribution in [3.63, 3.8) is 0 Å². The van der Waals surface area contributed by atoms with Gasteiger partial charge < -0.3 is 9.84 Å². The minimum Gasteiger partial charge on any atom is -0.393 e. The molecule has 2 saturated carbocycles. The molecule has 126 valence electrons. The largest absolute Gasteiger partial charge is 0.393 e. The SMILES string of the molecule is C=C[C@@]1(C)CC[C@@H]2[C@]3(C)CC[C@@H](O)C(C)(C)[C@@H]3CC[C@]2(C)O1. The summed E-state index contributed by atoms with van der Waals surface area (Å²) in [5, 5.41) is 10.5. The second-order valence-corrected chi connectivity index (χ2v) is 9.50.